The van der Waals surface area contributed by atoms with Gasteiger partial charge in [-0.3, -0.25) is 4.79 Å². The lowest BCUT2D eigenvalue weighted by atomic mass is 9.98. The second kappa shape index (κ2) is 8.40. The van der Waals surface area contributed by atoms with Gasteiger partial charge >= 0.3 is 0 Å². The topological polar surface area (TPSA) is 50.2 Å². The number of benzene rings is 2. The molecule has 1 atom stereocenters. The number of nitrogens with zero attached hydrogens (tertiary/aromatic N) is 3. The van der Waals surface area contributed by atoms with E-state index in [0.29, 0.717) is 6.54 Å². The maximum absolute atomic E-state index is 12.9. The Kier molecular flexibility index (Phi) is 5.53. The molecule has 1 fully saturated rings. The van der Waals surface area contributed by atoms with Crippen molar-refractivity contribution in [2.75, 3.05) is 20.1 Å². The maximum atomic E-state index is 12.9. The van der Waals surface area contributed by atoms with E-state index >= 15 is 0 Å². The number of amides is 1. The van der Waals surface area contributed by atoms with Crippen molar-refractivity contribution < 1.29 is 4.79 Å². The van der Waals surface area contributed by atoms with Crippen LogP contribution in [0.4, 0.5) is 0 Å². The standard InChI is InChI=1S/C23H26N4O/c1-26(23(28)19-11-8-14-24-15-19)16-20-17-27(21-12-6-3-7-13-21)25-22(20)18-9-4-2-5-10-18/h2-7,9-10,12-13,17,19,24H,8,11,14-16H2,1H3. The van der Waals surface area contributed by atoms with E-state index in [1.807, 2.05) is 71.4 Å². The van der Waals surface area contributed by atoms with Crippen molar-refractivity contribution in [1.29, 1.82) is 0 Å². The predicted octanol–water partition coefficient (Wildman–Crippen LogP) is 3.50. The first kappa shape index (κ1) is 18.4. The molecule has 0 spiro atoms. The minimum atomic E-state index is 0.0723. The van der Waals surface area contributed by atoms with Gasteiger partial charge in [-0.1, -0.05) is 48.5 Å². The monoisotopic (exact) mass is 374 g/mol. The fourth-order valence-corrected chi connectivity index (χ4v) is 3.79. The van der Waals surface area contributed by atoms with Gasteiger partial charge < -0.3 is 10.2 Å². The molecule has 144 valence electrons. The van der Waals surface area contributed by atoms with Crippen molar-refractivity contribution in [2.45, 2.75) is 19.4 Å². The summed E-state index contributed by atoms with van der Waals surface area (Å²) in [6.07, 6.45) is 4.07. The zero-order chi connectivity index (χ0) is 19.3. The Labute approximate surface area is 166 Å². The number of piperidine rings is 1. The molecule has 28 heavy (non-hydrogen) atoms. The molecular formula is C23H26N4O. The third-order valence-electron chi connectivity index (χ3n) is 5.29. The molecule has 1 aliphatic heterocycles. The third-order valence-corrected chi connectivity index (χ3v) is 5.29. The van der Waals surface area contributed by atoms with Crippen LogP contribution in [0.5, 0.6) is 0 Å². The van der Waals surface area contributed by atoms with Crippen LogP contribution in [0, 0.1) is 5.92 Å². The number of hydrogen-bond donors (Lipinski definition) is 1. The second-order valence-electron chi connectivity index (χ2n) is 7.39. The highest BCUT2D eigenvalue weighted by molar-refractivity contribution is 5.79. The fraction of sp³-hybridized carbons (Fsp3) is 0.304. The molecule has 1 amide bonds. The Morgan fingerprint density at radius 3 is 2.54 bits per heavy atom. The van der Waals surface area contributed by atoms with E-state index in [0.717, 1.165) is 48.4 Å². The van der Waals surface area contributed by atoms with E-state index in [-0.39, 0.29) is 11.8 Å². The molecule has 2 heterocycles. The van der Waals surface area contributed by atoms with E-state index in [4.69, 9.17) is 5.10 Å². The van der Waals surface area contributed by atoms with Crippen LogP contribution in [0.2, 0.25) is 0 Å². The van der Waals surface area contributed by atoms with Crippen molar-refractivity contribution in [3.05, 3.63) is 72.4 Å². The number of carbonyl (C=O) groups excluding carboxylic acids is 1. The zero-order valence-corrected chi connectivity index (χ0v) is 16.2. The van der Waals surface area contributed by atoms with Crippen LogP contribution in [-0.2, 0) is 11.3 Å². The molecule has 3 aromatic rings. The fourth-order valence-electron chi connectivity index (χ4n) is 3.79. The number of rotatable bonds is 5. The molecule has 5 heteroatoms. The average molecular weight is 374 g/mol. The molecule has 1 unspecified atom stereocenters. The van der Waals surface area contributed by atoms with Gasteiger partial charge in [0.25, 0.3) is 0 Å². The van der Waals surface area contributed by atoms with Gasteiger partial charge in [0, 0.05) is 37.5 Å². The number of nitrogens with one attached hydrogen (secondary N) is 1. The molecule has 1 aliphatic rings. The molecule has 0 radical (unpaired) electrons. The van der Waals surface area contributed by atoms with Gasteiger partial charge in [-0.2, -0.15) is 5.10 Å². The molecule has 1 saturated heterocycles. The number of hydrogen-bond acceptors (Lipinski definition) is 3. The summed E-state index contributed by atoms with van der Waals surface area (Å²) < 4.78 is 1.90. The number of para-hydroxylation sites is 1. The molecule has 5 nitrogen and oxygen atoms in total. The van der Waals surface area contributed by atoms with Gasteiger partial charge in [0.2, 0.25) is 5.91 Å². The van der Waals surface area contributed by atoms with Gasteiger partial charge in [-0.05, 0) is 31.5 Å². The van der Waals surface area contributed by atoms with Crippen LogP contribution < -0.4 is 5.32 Å². The SMILES string of the molecule is CN(Cc1cn(-c2ccccc2)nc1-c1ccccc1)C(=O)C1CCCNC1. The predicted molar refractivity (Wildman–Crippen MR) is 111 cm³/mol. The minimum absolute atomic E-state index is 0.0723. The van der Waals surface area contributed by atoms with Crippen LogP contribution >= 0.6 is 0 Å². The van der Waals surface area contributed by atoms with Crippen LogP contribution in [0.25, 0.3) is 16.9 Å². The molecule has 0 saturated carbocycles. The van der Waals surface area contributed by atoms with Crippen LogP contribution in [0.3, 0.4) is 0 Å². The maximum Gasteiger partial charge on any atom is 0.227 e. The zero-order valence-electron chi connectivity index (χ0n) is 16.2. The van der Waals surface area contributed by atoms with Gasteiger partial charge in [0.1, 0.15) is 0 Å². The highest BCUT2D eigenvalue weighted by Crippen LogP contribution is 2.25. The van der Waals surface area contributed by atoms with Crippen molar-refractivity contribution in [2.24, 2.45) is 5.92 Å². The minimum Gasteiger partial charge on any atom is -0.341 e. The largest absolute Gasteiger partial charge is 0.341 e. The van der Waals surface area contributed by atoms with E-state index in [9.17, 15) is 4.79 Å². The Morgan fingerprint density at radius 2 is 1.86 bits per heavy atom. The van der Waals surface area contributed by atoms with Gasteiger partial charge in [0.05, 0.1) is 17.3 Å². The average Bonchev–Trinajstić information content (AvgIpc) is 3.19. The Balaban J connectivity index is 1.63. The highest BCUT2D eigenvalue weighted by Gasteiger charge is 2.25. The Bertz CT molecular complexity index is 914. The molecule has 1 N–H and O–H groups in total. The molecule has 1 aromatic heterocycles. The van der Waals surface area contributed by atoms with Gasteiger partial charge in [0.15, 0.2) is 0 Å². The summed E-state index contributed by atoms with van der Waals surface area (Å²) >= 11 is 0. The summed E-state index contributed by atoms with van der Waals surface area (Å²) in [4.78, 5) is 14.7. The normalized spacial score (nSPS) is 16.7. The first-order valence-corrected chi connectivity index (χ1v) is 9.87. The molecule has 0 aliphatic carbocycles. The summed E-state index contributed by atoms with van der Waals surface area (Å²) in [7, 11) is 1.89. The smallest absolute Gasteiger partial charge is 0.227 e. The summed E-state index contributed by atoms with van der Waals surface area (Å²) in [5.74, 6) is 0.279. The lowest BCUT2D eigenvalue weighted by Gasteiger charge is -2.27. The van der Waals surface area contributed by atoms with Crippen molar-refractivity contribution in [1.82, 2.24) is 20.0 Å². The van der Waals surface area contributed by atoms with Crippen molar-refractivity contribution in [3.63, 3.8) is 0 Å². The van der Waals surface area contributed by atoms with Crippen molar-refractivity contribution >= 4 is 5.91 Å². The number of aromatic nitrogens is 2. The first-order valence-electron chi connectivity index (χ1n) is 9.87. The number of carbonyl (C=O) groups is 1. The lowest BCUT2D eigenvalue weighted by molar-refractivity contribution is -0.135. The summed E-state index contributed by atoms with van der Waals surface area (Å²) in [6.45, 7) is 2.33. The third kappa shape index (κ3) is 3.99. The molecule has 0 bridgehead atoms. The van der Waals surface area contributed by atoms with Crippen molar-refractivity contribution in [3.8, 4) is 16.9 Å². The Morgan fingerprint density at radius 1 is 1.14 bits per heavy atom. The van der Waals surface area contributed by atoms with Crippen LogP contribution in [0.15, 0.2) is 66.9 Å². The molecule has 2 aromatic carbocycles. The quantitative estimate of drug-likeness (QED) is 0.744. The molecular weight excluding hydrogens is 348 g/mol. The summed E-state index contributed by atoms with van der Waals surface area (Å²) in [5, 5.41) is 8.18. The van der Waals surface area contributed by atoms with Gasteiger partial charge in [-0.25, -0.2) is 4.68 Å². The van der Waals surface area contributed by atoms with E-state index < -0.39 is 0 Å². The second-order valence-corrected chi connectivity index (χ2v) is 7.39. The summed E-state index contributed by atoms with van der Waals surface area (Å²) in [6, 6.07) is 20.2. The lowest BCUT2D eigenvalue weighted by Crippen LogP contribution is -2.41. The van der Waals surface area contributed by atoms with E-state index in [1.165, 1.54) is 0 Å². The Hall–Kier alpha value is -2.92. The van der Waals surface area contributed by atoms with E-state index in [2.05, 4.69) is 17.4 Å². The van der Waals surface area contributed by atoms with E-state index in [1.54, 1.807) is 0 Å². The first-order chi connectivity index (χ1) is 13.7. The highest BCUT2D eigenvalue weighted by atomic mass is 16.2. The molecule has 4 rings (SSSR count). The van der Waals surface area contributed by atoms with Crippen LogP contribution in [0.1, 0.15) is 18.4 Å². The van der Waals surface area contributed by atoms with Gasteiger partial charge in [-0.15, -0.1) is 0 Å². The van der Waals surface area contributed by atoms with Crippen LogP contribution in [-0.4, -0.2) is 40.7 Å². The summed E-state index contributed by atoms with van der Waals surface area (Å²) in [5.41, 5.74) is 4.05.